The van der Waals surface area contributed by atoms with E-state index in [1.807, 2.05) is 67.6 Å². The van der Waals surface area contributed by atoms with E-state index in [1.165, 1.54) is 21.1 Å². The minimum absolute atomic E-state index is 0.0804. The Kier molecular flexibility index (Phi) is 16.7. The van der Waals surface area contributed by atoms with Crippen molar-refractivity contribution < 1.29 is 67.2 Å². The molecule has 4 saturated heterocycles. The fourth-order valence-corrected chi connectivity index (χ4v) is 9.94. The summed E-state index contributed by atoms with van der Waals surface area (Å²) < 4.78 is 62.7. The highest BCUT2D eigenvalue weighted by atomic mass is 16.9. The van der Waals surface area contributed by atoms with Crippen molar-refractivity contribution in [1.29, 1.82) is 0 Å². The first-order chi connectivity index (χ1) is 26.9. The van der Waals surface area contributed by atoms with Crippen LogP contribution in [0.3, 0.4) is 0 Å². The zero-order chi connectivity index (χ0) is 43.7. The van der Waals surface area contributed by atoms with Gasteiger partial charge in [-0.05, 0) is 94.8 Å². The first kappa shape index (κ1) is 49.1. The number of hydrogen-bond acceptors (Lipinski definition) is 16. The zero-order valence-corrected chi connectivity index (χ0v) is 38.0. The number of fused-ring (bicyclic) bond motifs is 1. The molecule has 0 amide bonds. The lowest BCUT2D eigenvalue weighted by molar-refractivity contribution is -0.318. The number of nitrogens with zero attached hydrogens (tertiary/aromatic N) is 2. The van der Waals surface area contributed by atoms with E-state index in [4.69, 9.17) is 47.4 Å². The molecule has 338 valence electrons. The van der Waals surface area contributed by atoms with Crippen LogP contribution in [0.2, 0.25) is 0 Å². The SMILES string of the molecule is CC[C@H]1OC(=O)[C@H](C)[C@@H](O[C@H]2C[C@@](C)(OC)[C@@H](OC(C)=O)[C@H](C)O2)[C@H](C)[C@@H](O[C@@H]2O[C@H](C)C[C@H](N(C)C)[C@H]2O)[C@](C)(O)C[C@@H](C)CN(C)[C@H](C)[C@H]2OC(OC)O[C@@]21C. The molecule has 19 atom stereocenters. The van der Waals surface area contributed by atoms with Gasteiger partial charge in [-0.3, -0.25) is 9.59 Å². The number of carbonyl (C=O) groups is 2. The van der Waals surface area contributed by atoms with Crippen molar-refractivity contribution >= 4 is 11.9 Å². The summed E-state index contributed by atoms with van der Waals surface area (Å²) in [5.74, 6) is -2.81. The lowest BCUT2D eigenvalue weighted by atomic mass is 9.77. The van der Waals surface area contributed by atoms with Crippen LogP contribution in [0, 0.1) is 17.8 Å². The fourth-order valence-electron chi connectivity index (χ4n) is 9.94. The molecular weight excluding hydrogens is 756 g/mol. The molecule has 4 aliphatic rings. The van der Waals surface area contributed by atoms with E-state index in [0.717, 1.165) is 0 Å². The van der Waals surface area contributed by atoms with Crippen LogP contribution in [0.1, 0.15) is 102 Å². The molecule has 16 nitrogen and oxygen atoms in total. The molecule has 4 heterocycles. The summed E-state index contributed by atoms with van der Waals surface area (Å²) in [5.41, 5.74) is -3.64. The highest BCUT2D eigenvalue weighted by Gasteiger charge is 2.57. The van der Waals surface area contributed by atoms with E-state index in [1.54, 1.807) is 20.8 Å². The normalized spacial score (nSPS) is 47.8. The molecule has 4 aliphatic heterocycles. The van der Waals surface area contributed by atoms with Crippen LogP contribution < -0.4 is 0 Å². The van der Waals surface area contributed by atoms with Crippen molar-refractivity contribution in [3.63, 3.8) is 0 Å². The summed E-state index contributed by atoms with van der Waals surface area (Å²) in [6.45, 7) is 19.7. The molecule has 58 heavy (non-hydrogen) atoms. The van der Waals surface area contributed by atoms with Gasteiger partial charge < -0.3 is 67.4 Å². The summed E-state index contributed by atoms with van der Waals surface area (Å²) in [4.78, 5) is 30.9. The summed E-state index contributed by atoms with van der Waals surface area (Å²) >= 11 is 0. The maximum Gasteiger partial charge on any atom is 0.311 e. The van der Waals surface area contributed by atoms with Crippen LogP contribution in [-0.2, 0) is 57.0 Å². The minimum Gasteiger partial charge on any atom is -0.459 e. The predicted octanol–water partition coefficient (Wildman–Crippen LogP) is 3.46. The van der Waals surface area contributed by atoms with E-state index < -0.39 is 102 Å². The number of carbonyl (C=O) groups excluding carboxylic acids is 2. The van der Waals surface area contributed by atoms with Crippen LogP contribution in [0.25, 0.3) is 0 Å². The Hall–Kier alpha value is -1.54. The second-order valence-corrected chi connectivity index (χ2v) is 18.5. The first-order valence-electron chi connectivity index (χ1n) is 21.1. The molecule has 0 aliphatic carbocycles. The number of likely N-dealkylation sites (N-methyl/N-ethyl adjacent to an activating group) is 2. The Bertz CT molecular complexity index is 1360. The summed E-state index contributed by atoms with van der Waals surface area (Å²) in [6, 6.07) is -0.490. The Morgan fingerprint density at radius 2 is 1.64 bits per heavy atom. The molecule has 1 unspecified atom stereocenters. The Morgan fingerprint density at radius 1 is 0.983 bits per heavy atom. The number of cyclic esters (lactones) is 1. The van der Waals surface area contributed by atoms with Gasteiger partial charge >= 0.3 is 11.9 Å². The molecule has 0 aromatic rings. The molecule has 0 aromatic carbocycles. The largest absolute Gasteiger partial charge is 0.459 e. The van der Waals surface area contributed by atoms with Crippen molar-refractivity contribution in [2.45, 2.75) is 199 Å². The summed E-state index contributed by atoms with van der Waals surface area (Å²) in [7, 11) is 8.84. The van der Waals surface area contributed by atoms with Crippen molar-refractivity contribution in [2.75, 3.05) is 41.9 Å². The number of ether oxygens (including phenoxy) is 10. The fraction of sp³-hybridized carbons (Fsp3) is 0.952. The maximum atomic E-state index is 14.7. The van der Waals surface area contributed by atoms with Gasteiger partial charge in [0.25, 0.3) is 6.48 Å². The van der Waals surface area contributed by atoms with Gasteiger partial charge in [-0.25, -0.2) is 0 Å². The van der Waals surface area contributed by atoms with E-state index in [2.05, 4.69) is 11.8 Å². The number of aliphatic hydroxyl groups excluding tert-OH is 1. The quantitative estimate of drug-likeness (QED) is 0.323. The van der Waals surface area contributed by atoms with Crippen LogP contribution in [0.15, 0.2) is 0 Å². The second-order valence-electron chi connectivity index (χ2n) is 18.5. The molecular formula is C42H76N2O14. The number of rotatable bonds is 9. The number of hydrogen-bond donors (Lipinski definition) is 2. The van der Waals surface area contributed by atoms with Gasteiger partial charge in [0, 0.05) is 52.1 Å². The maximum absolute atomic E-state index is 14.7. The van der Waals surface area contributed by atoms with Gasteiger partial charge in [0.1, 0.15) is 29.5 Å². The molecule has 16 heteroatoms. The monoisotopic (exact) mass is 833 g/mol. The van der Waals surface area contributed by atoms with E-state index in [0.29, 0.717) is 19.4 Å². The molecule has 0 aromatic heterocycles. The second kappa shape index (κ2) is 19.7. The molecule has 4 fully saturated rings. The third-order valence-corrected chi connectivity index (χ3v) is 13.2. The third-order valence-electron chi connectivity index (χ3n) is 13.2. The van der Waals surface area contributed by atoms with Gasteiger partial charge in [-0.15, -0.1) is 0 Å². The molecule has 0 radical (unpaired) electrons. The predicted molar refractivity (Wildman–Crippen MR) is 212 cm³/mol. The Balaban J connectivity index is 1.84. The lowest BCUT2D eigenvalue weighted by Crippen LogP contribution is -2.61. The minimum atomic E-state index is -1.54. The molecule has 0 bridgehead atoms. The molecule has 4 rings (SSSR count). The van der Waals surface area contributed by atoms with Crippen LogP contribution in [0.5, 0.6) is 0 Å². The highest BCUT2D eigenvalue weighted by Crippen LogP contribution is 2.43. The number of esters is 2. The Morgan fingerprint density at radius 3 is 2.21 bits per heavy atom. The average molecular weight is 833 g/mol. The van der Waals surface area contributed by atoms with E-state index in [-0.39, 0.29) is 36.9 Å². The van der Waals surface area contributed by atoms with Gasteiger partial charge in [0.2, 0.25) is 0 Å². The summed E-state index contributed by atoms with van der Waals surface area (Å²) in [6.07, 6.45) is -6.62. The average Bonchev–Trinajstić information content (AvgIpc) is 3.49. The Labute approximate surface area is 346 Å². The standard InChI is InChI=1S/C42H76N2O14/c1-17-30-42(11)35(57-39(49-15)58-42)26(6)44(14)21-22(2)19-40(9,48)34(56-38-32(46)29(43(12)13)18-23(3)51-38)24(4)33(25(5)37(47)54-30)55-31-20-41(10,50-16)36(27(7)52-31)53-28(8)45/h22-27,29-36,38-39,46,48H,17-21H2,1-16H3/t22-,23-,24+,25-,26-,27+,29+,30-,31+,32-,33+,34-,35-,36+,38+,39?,40-,41-,42-/m1/s1. The van der Waals surface area contributed by atoms with E-state index in [9.17, 15) is 19.8 Å². The molecule has 2 N–H and O–H groups in total. The third kappa shape index (κ3) is 10.7. The van der Waals surface area contributed by atoms with Crippen LogP contribution >= 0.6 is 0 Å². The zero-order valence-electron chi connectivity index (χ0n) is 38.0. The summed E-state index contributed by atoms with van der Waals surface area (Å²) in [5, 5.41) is 24.4. The van der Waals surface area contributed by atoms with Crippen LogP contribution in [0.4, 0.5) is 0 Å². The van der Waals surface area contributed by atoms with Crippen molar-refractivity contribution in [1.82, 2.24) is 9.80 Å². The first-order valence-corrected chi connectivity index (χ1v) is 21.1. The van der Waals surface area contributed by atoms with Crippen molar-refractivity contribution in [3.8, 4) is 0 Å². The topological polar surface area (TPSA) is 173 Å². The van der Waals surface area contributed by atoms with E-state index >= 15 is 0 Å². The lowest BCUT2D eigenvalue weighted by Gasteiger charge is -2.49. The number of aliphatic hydroxyl groups is 2. The molecule has 0 spiro atoms. The highest BCUT2D eigenvalue weighted by molar-refractivity contribution is 5.73. The van der Waals surface area contributed by atoms with Gasteiger partial charge in [-0.2, -0.15) is 0 Å². The van der Waals surface area contributed by atoms with Crippen molar-refractivity contribution in [2.24, 2.45) is 17.8 Å². The molecule has 0 saturated carbocycles. The van der Waals surface area contributed by atoms with Gasteiger partial charge in [0.05, 0.1) is 35.9 Å². The van der Waals surface area contributed by atoms with Crippen LogP contribution in [-0.4, -0.2) is 171 Å². The smallest absolute Gasteiger partial charge is 0.311 e. The van der Waals surface area contributed by atoms with Crippen molar-refractivity contribution in [3.05, 3.63) is 0 Å². The van der Waals surface area contributed by atoms with Gasteiger partial charge in [-0.1, -0.05) is 20.8 Å². The van der Waals surface area contributed by atoms with Gasteiger partial charge in [0.15, 0.2) is 18.7 Å². The number of methoxy groups -OCH3 is 2.